The molecule has 2 amide bonds. The molecule has 2 rings (SSSR count). The molecule has 0 atom stereocenters. The van der Waals surface area contributed by atoms with E-state index in [9.17, 15) is 9.59 Å². The van der Waals surface area contributed by atoms with Crippen molar-refractivity contribution in [3.05, 3.63) is 11.7 Å². The van der Waals surface area contributed by atoms with Crippen LogP contribution in [0.1, 0.15) is 64.1 Å². The summed E-state index contributed by atoms with van der Waals surface area (Å²) in [5, 5.41) is 5.16. The molecule has 1 aromatic heterocycles. The fourth-order valence-corrected chi connectivity index (χ4v) is 3.97. The van der Waals surface area contributed by atoms with Crippen LogP contribution in [0.25, 0.3) is 0 Å². The zero-order valence-corrected chi connectivity index (χ0v) is 20.3. The van der Waals surface area contributed by atoms with Crippen molar-refractivity contribution in [3.63, 3.8) is 0 Å². The molecule has 170 valence electrons. The normalized spacial score (nSPS) is 19.8. The summed E-state index contributed by atoms with van der Waals surface area (Å²) in [6.45, 7) is 14.1. The van der Waals surface area contributed by atoms with Gasteiger partial charge in [0.2, 0.25) is 5.89 Å². The number of amides is 2. The van der Waals surface area contributed by atoms with Crippen molar-refractivity contribution in [1.29, 1.82) is 0 Å². The Labute approximate surface area is 179 Å². The van der Waals surface area contributed by atoms with Crippen LogP contribution >= 0.6 is 0 Å². The second-order valence-electron chi connectivity index (χ2n) is 10.1. The summed E-state index contributed by atoms with van der Waals surface area (Å²) < 4.78 is 16.1. The van der Waals surface area contributed by atoms with Gasteiger partial charge in [-0.05, 0) is 59.4 Å². The fourth-order valence-electron chi connectivity index (χ4n) is 3.26. The third-order valence-electron chi connectivity index (χ3n) is 4.84. The van der Waals surface area contributed by atoms with Gasteiger partial charge in [0.15, 0.2) is 5.82 Å². The number of ether oxygens (including phenoxy) is 2. The molecule has 10 heteroatoms. The summed E-state index contributed by atoms with van der Waals surface area (Å²) in [5.74, 6) is 1.41. The summed E-state index contributed by atoms with van der Waals surface area (Å²) in [6.07, 6.45) is 1.72. The highest BCUT2D eigenvalue weighted by molar-refractivity contribution is 6.76. The first kappa shape index (κ1) is 24.2. The first-order valence-electron chi connectivity index (χ1n) is 10.6. The molecular formula is C20H36N4O5Si. The minimum Gasteiger partial charge on any atom is -0.448 e. The van der Waals surface area contributed by atoms with Crippen LogP contribution in [0.3, 0.4) is 0 Å². The second-order valence-corrected chi connectivity index (χ2v) is 15.7. The lowest BCUT2D eigenvalue weighted by atomic mass is 9.85. The molecule has 0 radical (unpaired) electrons. The zero-order chi connectivity index (χ0) is 22.5. The van der Waals surface area contributed by atoms with Crippen LogP contribution in [0, 0.1) is 6.92 Å². The molecule has 0 spiro atoms. The molecule has 1 aromatic rings. The summed E-state index contributed by atoms with van der Waals surface area (Å²) in [4.78, 5) is 29.4. The molecule has 1 fully saturated rings. The van der Waals surface area contributed by atoms with E-state index < -0.39 is 25.9 Å². The lowest BCUT2D eigenvalue weighted by Crippen LogP contribution is -2.54. The highest BCUT2D eigenvalue weighted by Crippen LogP contribution is 2.34. The van der Waals surface area contributed by atoms with Gasteiger partial charge in [0, 0.05) is 14.0 Å². The zero-order valence-electron chi connectivity index (χ0n) is 19.3. The van der Waals surface area contributed by atoms with Gasteiger partial charge in [0.25, 0.3) is 0 Å². The van der Waals surface area contributed by atoms with E-state index in [1.54, 1.807) is 27.7 Å². The van der Waals surface area contributed by atoms with Crippen molar-refractivity contribution in [2.24, 2.45) is 0 Å². The van der Waals surface area contributed by atoms with Gasteiger partial charge < -0.3 is 14.0 Å². The van der Waals surface area contributed by atoms with E-state index in [2.05, 4.69) is 35.2 Å². The number of nitrogens with one attached hydrogen (secondary N) is 1. The minimum atomic E-state index is -1.34. The molecule has 0 bridgehead atoms. The Bertz CT molecular complexity index is 718. The first-order chi connectivity index (χ1) is 13.8. The maximum atomic E-state index is 12.8. The molecule has 30 heavy (non-hydrogen) atoms. The van der Waals surface area contributed by atoms with Crippen molar-refractivity contribution in [2.45, 2.75) is 96.6 Å². The Balaban J connectivity index is 2.01. The van der Waals surface area contributed by atoms with Crippen LogP contribution in [0.4, 0.5) is 9.59 Å². The van der Waals surface area contributed by atoms with Gasteiger partial charge in [-0.25, -0.2) is 20.0 Å². The lowest BCUT2D eigenvalue weighted by molar-refractivity contribution is 0.0138. The summed E-state index contributed by atoms with van der Waals surface area (Å²) in [5.41, 5.74) is 1.95. The van der Waals surface area contributed by atoms with Crippen molar-refractivity contribution in [3.8, 4) is 0 Å². The Kier molecular flexibility index (Phi) is 7.90. The standard InChI is InChI=1S/C20H36N4O5Si/c1-14-21-17(29-23-14)15-8-10-16(11-9-15)24(22-18(25)28-20(2,3)4)19(26)27-12-13-30(5,6)7/h15-16H,8-13H2,1-7H3,(H,22,25). The predicted molar refractivity (Wildman–Crippen MR) is 115 cm³/mol. The van der Waals surface area contributed by atoms with Crippen LogP contribution in [-0.4, -0.2) is 53.7 Å². The van der Waals surface area contributed by atoms with Crippen LogP contribution in [0.2, 0.25) is 25.7 Å². The number of aryl methyl sites for hydroxylation is 1. The van der Waals surface area contributed by atoms with E-state index in [-0.39, 0.29) is 12.0 Å². The molecule has 0 saturated heterocycles. The molecule has 9 nitrogen and oxygen atoms in total. The van der Waals surface area contributed by atoms with E-state index in [0.29, 0.717) is 31.2 Å². The van der Waals surface area contributed by atoms with Gasteiger partial charge >= 0.3 is 12.2 Å². The number of nitrogens with zero attached hydrogens (tertiary/aromatic N) is 3. The number of hydrazine groups is 1. The molecule has 1 heterocycles. The van der Waals surface area contributed by atoms with Crippen molar-refractivity contribution in [1.82, 2.24) is 20.6 Å². The van der Waals surface area contributed by atoms with Gasteiger partial charge in [-0.3, -0.25) is 0 Å². The Morgan fingerprint density at radius 3 is 2.33 bits per heavy atom. The summed E-state index contributed by atoms with van der Waals surface area (Å²) >= 11 is 0. The smallest absolute Gasteiger partial charge is 0.429 e. The molecule has 1 aliphatic carbocycles. The SMILES string of the molecule is Cc1noc(C2CCC(N(NC(=O)OC(C)(C)C)C(=O)OCC[Si](C)(C)C)CC2)n1. The van der Waals surface area contributed by atoms with E-state index >= 15 is 0 Å². The number of rotatable bonds is 5. The van der Waals surface area contributed by atoms with E-state index in [4.69, 9.17) is 14.0 Å². The van der Waals surface area contributed by atoms with Gasteiger partial charge in [-0.1, -0.05) is 24.8 Å². The maximum absolute atomic E-state index is 12.8. The quantitative estimate of drug-likeness (QED) is 0.526. The molecular weight excluding hydrogens is 404 g/mol. The molecule has 1 N–H and O–H groups in total. The predicted octanol–water partition coefficient (Wildman–Crippen LogP) is 4.62. The van der Waals surface area contributed by atoms with Crippen LogP contribution < -0.4 is 5.43 Å². The fraction of sp³-hybridized carbons (Fsp3) is 0.800. The molecule has 0 aliphatic heterocycles. The average Bonchev–Trinajstić information content (AvgIpc) is 3.03. The number of hydrogen-bond donors (Lipinski definition) is 1. The molecule has 0 aromatic carbocycles. The molecule has 1 aliphatic rings. The van der Waals surface area contributed by atoms with Crippen molar-refractivity contribution >= 4 is 20.3 Å². The monoisotopic (exact) mass is 440 g/mol. The maximum Gasteiger partial charge on any atom is 0.429 e. The highest BCUT2D eigenvalue weighted by atomic mass is 28.3. The Morgan fingerprint density at radius 2 is 1.83 bits per heavy atom. The lowest BCUT2D eigenvalue weighted by Gasteiger charge is -2.35. The molecule has 1 saturated carbocycles. The van der Waals surface area contributed by atoms with Crippen molar-refractivity contribution in [2.75, 3.05) is 6.61 Å². The Hall–Kier alpha value is -2.10. The van der Waals surface area contributed by atoms with Crippen molar-refractivity contribution < 1.29 is 23.6 Å². The topological polar surface area (TPSA) is 107 Å². The van der Waals surface area contributed by atoms with E-state index in [1.165, 1.54) is 5.01 Å². The highest BCUT2D eigenvalue weighted by Gasteiger charge is 2.34. The molecule has 0 unspecified atom stereocenters. The van der Waals surface area contributed by atoms with Crippen LogP contribution in [-0.2, 0) is 9.47 Å². The number of carbonyl (C=O) groups excluding carboxylic acids is 2. The third-order valence-corrected chi connectivity index (χ3v) is 6.54. The van der Waals surface area contributed by atoms with E-state index in [0.717, 1.165) is 18.9 Å². The number of carbonyl (C=O) groups is 2. The van der Waals surface area contributed by atoms with Gasteiger partial charge in [0.05, 0.1) is 12.6 Å². The van der Waals surface area contributed by atoms with E-state index in [1.807, 2.05) is 0 Å². The Morgan fingerprint density at radius 1 is 1.20 bits per heavy atom. The first-order valence-corrected chi connectivity index (χ1v) is 14.3. The summed E-state index contributed by atoms with van der Waals surface area (Å²) in [7, 11) is -1.34. The van der Waals surface area contributed by atoms with Gasteiger partial charge in [0.1, 0.15) is 5.60 Å². The average molecular weight is 441 g/mol. The number of aromatic nitrogens is 2. The van der Waals surface area contributed by atoms with Gasteiger partial charge in [-0.15, -0.1) is 0 Å². The van der Waals surface area contributed by atoms with Crippen LogP contribution in [0.5, 0.6) is 0 Å². The third kappa shape index (κ3) is 7.96. The minimum absolute atomic E-state index is 0.161. The van der Waals surface area contributed by atoms with Crippen LogP contribution in [0.15, 0.2) is 4.52 Å². The van der Waals surface area contributed by atoms with Gasteiger partial charge in [-0.2, -0.15) is 4.98 Å². The second kappa shape index (κ2) is 9.80. The largest absolute Gasteiger partial charge is 0.448 e. The summed E-state index contributed by atoms with van der Waals surface area (Å²) in [6, 6.07) is 0.680. The number of hydrogen-bond acceptors (Lipinski definition) is 7.